The topological polar surface area (TPSA) is 57.6 Å². The summed E-state index contributed by atoms with van der Waals surface area (Å²) in [5.41, 5.74) is 0. The van der Waals surface area contributed by atoms with Crippen LogP contribution in [0.3, 0.4) is 0 Å². The Labute approximate surface area is 106 Å². The van der Waals surface area contributed by atoms with Crippen LogP contribution in [0.4, 0.5) is 0 Å². The van der Waals surface area contributed by atoms with Crippen molar-refractivity contribution in [2.45, 2.75) is 49.8 Å². The van der Waals surface area contributed by atoms with Crippen LogP contribution in [-0.2, 0) is 9.59 Å². The van der Waals surface area contributed by atoms with E-state index in [0.717, 1.165) is 31.4 Å². The number of rotatable bonds is 2. The Kier molecular flexibility index (Phi) is 4.31. The molecule has 0 aliphatic carbocycles. The molecule has 0 aromatic heterocycles. The number of amides is 1. The van der Waals surface area contributed by atoms with E-state index in [1.165, 1.54) is 6.42 Å². The Morgan fingerprint density at radius 1 is 1.12 bits per heavy atom. The van der Waals surface area contributed by atoms with Gasteiger partial charge in [0.1, 0.15) is 6.04 Å². The zero-order chi connectivity index (χ0) is 12.3. The molecule has 1 N–H and O–H groups in total. The third-order valence-electron chi connectivity index (χ3n) is 3.53. The lowest BCUT2D eigenvalue weighted by molar-refractivity contribution is -0.151. The van der Waals surface area contributed by atoms with Gasteiger partial charge in [0.15, 0.2) is 0 Å². The van der Waals surface area contributed by atoms with Crippen LogP contribution in [0.15, 0.2) is 0 Å². The third-order valence-corrected chi connectivity index (χ3v) is 4.89. The van der Waals surface area contributed by atoms with E-state index in [2.05, 4.69) is 0 Å². The molecule has 5 heteroatoms. The van der Waals surface area contributed by atoms with Gasteiger partial charge in [0, 0.05) is 6.54 Å². The minimum absolute atomic E-state index is 0.00343. The van der Waals surface area contributed by atoms with Crippen LogP contribution >= 0.6 is 11.8 Å². The Morgan fingerprint density at radius 2 is 1.88 bits per heavy atom. The smallest absolute Gasteiger partial charge is 0.326 e. The molecular formula is C12H19NO3S. The SMILES string of the molecule is O=C(O)[C@@H]1CCCCN1C(=O)C1CCCCS1. The fourth-order valence-electron chi connectivity index (χ4n) is 2.57. The maximum absolute atomic E-state index is 12.3. The summed E-state index contributed by atoms with van der Waals surface area (Å²) >= 11 is 1.69. The molecule has 2 saturated heterocycles. The van der Waals surface area contributed by atoms with Crippen LogP contribution in [0.5, 0.6) is 0 Å². The summed E-state index contributed by atoms with van der Waals surface area (Å²) in [4.78, 5) is 25.1. The summed E-state index contributed by atoms with van der Waals surface area (Å²) in [6, 6.07) is -0.584. The molecule has 2 heterocycles. The maximum atomic E-state index is 12.3. The molecule has 4 nitrogen and oxygen atoms in total. The summed E-state index contributed by atoms with van der Waals surface area (Å²) in [5.74, 6) is 0.239. The van der Waals surface area contributed by atoms with Gasteiger partial charge in [-0.3, -0.25) is 4.79 Å². The lowest BCUT2D eigenvalue weighted by atomic mass is 10.0. The number of carbonyl (C=O) groups is 2. The first kappa shape index (κ1) is 12.7. The van der Waals surface area contributed by atoms with Crippen molar-refractivity contribution < 1.29 is 14.7 Å². The number of carboxylic acid groups (broad SMARTS) is 1. The number of aliphatic carboxylic acids is 1. The monoisotopic (exact) mass is 257 g/mol. The van der Waals surface area contributed by atoms with Crippen LogP contribution < -0.4 is 0 Å². The lowest BCUT2D eigenvalue weighted by Gasteiger charge is -2.36. The van der Waals surface area contributed by atoms with E-state index < -0.39 is 12.0 Å². The fourth-order valence-corrected chi connectivity index (χ4v) is 3.84. The first-order valence-electron chi connectivity index (χ1n) is 6.35. The number of piperidine rings is 1. The summed E-state index contributed by atoms with van der Waals surface area (Å²) in [6.45, 7) is 0.618. The Hall–Kier alpha value is -0.710. The van der Waals surface area contributed by atoms with Gasteiger partial charge < -0.3 is 10.0 Å². The molecule has 1 amide bonds. The molecular weight excluding hydrogens is 238 g/mol. The minimum atomic E-state index is -0.848. The van der Waals surface area contributed by atoms with E-state index in [4.69, 9.17) is 5.11 Å². The second kappa shape index (κ2) is 5.76. The molecule has 2 rings (SSSR count). The predicted molar refractivity (Wildman–Crippen MR) is 67.1 cm³/mol. The normalized spacial score (nSPS) is 30.0. The molecule has 0 spiro atoms. The number of carbonyl (C=O) groups excluding carboxylic acids is 1. The van der Waals surface area contributed by atoms with Crippen LogP contribution in [0, 0.1) is 0 Å². The van der Waals surface area contributed by atoms with Gasteiger partial charge in [-0.2, -0.15) is 0 Å². The number of nitrogens with zero attached hydrogens (tertiary/aromatic N) is 1. The fraction of sp³-hybridized carbons (Fsp3) is 0.833. The van der Waals surface area contributed by atoms with Crippen molar-refractivity contribution in [2.24, 2.45) is 0 Å². The van der Waals surface area contributed by atoms with Crippen LogP contribution in [0.2, 0.25) is 0 Å². The Morgan fingerprint density at radius 3 is 2.53 bits per heavy atom. The molecule has 0 aromatic rings. The largest absolute Gasteiger partial charge is 0.480 e. The molecule has 17 heavy (non-hydrogen) atoms. The summed E-state index contributed by atoms with van der Waals surface area (Å²) in [6.07, 6.45) is 5.64. The van der Waals surface area contributed by atoms with Crippen molar-refractivity contribution in [1.29, 1.82) is 0 Å². The first-order valence-corrected chi connectivity index (χ1v) is 7.40. The quantitative estimate of drug-likeness (QED) is 0.818. The van der Waals surface area contributed by atoms with Gasteiger partial charge in [0.05, 0.1) is 5.25 Å². The molecule has 2 aliphatic rings. The van der Waals surface area contributed by atoms with Crippen molar-refractivity contribution in [3.05, 3.63) is 0 Å². The summed E-state index contributed by atoms with van der Waals surface area (Å²) < 4.78 is 0. The molecule has 0 aromatic carbocycles. The molecule has 0 bridgehead atoms. The highest BCUT2D eigenvalue weighted by Crippen LogP contribution is 2.29. The lowest BCUT2D eigenvalue weighted by Crippen LogP contribution is -2.51. The Bertz CT molecular complexity index is 302. The molecule has 2 fully saturated rings. The van der Waals surface area contributed by atoms with Gasteiger partial charge in [-0.25, -0.2) is 4.79 Å². The first-order chi connectivity index (χ1) is 8.20. The Balaban J connectivity index is 2.02. The van der Waals surface area contributed by atoms with E-state index in [1.54, 1.807) is 16.7 Å². The number of carboxylic acids is 1. The summed E-state index contributed by atoms with van der Waals surface area (Å²) in [7, 11) is 0. The van der Waals surface area contributed by atoms with E-state index in [-0.39, 0.29) is 11.2 Å². The van der Waals surface area contributed by atoms with Crippen LogP contribution in [0.1, 0.15) is 38.5 Å². The maximum Gasteiger partial charge on any atom is 0.326 e. The van der Waals surface area contributed by atoms with Crippen LogP contribution in [0.25, 0.3) is 0 Å². The average molecular weight is 257 g/mol. The van der Waals surface area contributed by atoms with E-state index >= 15 is 0 Å². The highest BCUT2D eigenvalue weighted by molar-refractivity contribution is 8.00. The molecule has 1 unspecified atom stereocenters. The van der Waals surface area contributed by atoms with E-state index in [1.807, 2.05) is 0 Å². The zero-order valence-corrected chi connectivity index (χ0v) is 10.7. The van der Waals surface area contributed by atoms with E-state index in [9.17, 15) is 9.59 Å². The van der Waals surface area contributed by atoms with E-state index in [0.29, 0.717) is 13.0 Å². The van der Waals surface area contributed by atoms with Crippen LogP contribution in [-0.4, -0.2) is 45.5 Å². The highest BCUT2D eigenvalue weighted by Gasteiger charge is 2.35. The van der Waals surface area contributed by atoms with Crippen molar-refractivity contribution in [3.63, 3.8) is 0 Å². The number of hydrogen-bond acceptors (Lipinski definition) is 3. The molecule has 0 radical (unpaired) electrons. The van der Waals surface area contributed by atoms with Crippen molar-refractivity contribution in [3.8, 4) is 0 Å². The van der Waals surface area contributed by atoms with Gasteiger partial charge in [0.2, 0.25) is 5.91 Å². The van der Waals surface area contributed by atoms with Crippen molar-refractivity contribution in [1.82, 2.24) is 4.90 Å². The second-order valence-electron chi connectivity index (χ2n) is 4.74. The average Bonchev–Trinajstić information content (AvgIpc) is 2.39. The zero-order valence-electron chi connectivity index (χ0n) is 9.93. The standard InChI is InChI=1S/C12H19NO3S/c14-11(10-6-2-4-8-17-10)13-7-3-1-5-9(13)12(15)16/h9-10H,1-8H2,(H,15,16)/t9-,10?/m0/s1. The summed E-state index contributed by atoms with van der Waals surface area (Å²) in [5, 5.41) is 9.16. The van der Waals surface area contributed by atoms with Gasteiger partial charge in [0.25, 0.3) is 0 Å². The predicted octanol–water partition coefficient (Wildman–Crippen LogP) is 1.74. The van der Waals surface area contributed by atoms with Gasteiger partial charge in [-0.15, -0.1) is 11.8 Å². The molecule has 0 saturated carbocycles. The van der Waals surface area contributed by atoms with Gasteiger partial charge in [-0.1, -0.05) is 6.42 Å². The number of likely N-dealkylation sites (tertiary alicyclic amines) is 1. The number of thioether (sulfide) groups is 1. The van der Waals surface area contributed by atoms with Gasteiger partial charge in [-0.05, 0) is 37.9 Å². The molecule has 2 atom stereocenters. The second-order valence-corrected chi connectivity index (χ2v) is 6.05. The highest BCUT2D eigenvalue weighted by atomic mass is 32.2. The van der Waals surface area contributed by atoms with Gasteiger partial charge >= 0.3 is 5.97 Å². The van der Waals surface area contributed by atoms with Crippen molar-refractivity contribution in [2.75, 3.05) is 12.3 Å². The van der Waals surface area contributed by atoms with Crippen molar-refractivity contribution >= 4 is 23.6 Å². The minimum Gasteiger partial charge on any atom is -0.480 e. The number of hydrogen-bond donors (Lipinski definition) is 1. The molecule has 2 aliphatic heterocycles. The molecule has 96 valence electrons. The third kappa shape index (κ3) is 2.94.